The molecule has 0 N–H and O–H groups in total. The number of hydrogen-bond acceptors (Lipinski definition) is 4. The topological polar surface area (TPSA) is 47.4 Å². The number of nitrogens with zero attached hydrogens (tertiary/aromatic N) is 3. The highest BCUT2D eigenvalue weighted by Gasteiger charge is 2.35. The predicted octanol–water partition coefficient (Wildman–Crippen LogP) is 5.52. The summed E-state index contributed by atoms with van der Waals surface area (Å²) in [5.41, 5.74) is 4.53. The Morgan fingerprint density at radius 1 is 1.06 bits per heavy atom. The fraction of sp³-hybridized carbons (Fsp3) is 0.154. The summed E-state index contributed by atoms with van der Waals surface area (Å²) >= 11 is 6.04. The molecule has 5 nitrogen and oxygen atoms in total. The van der Waals surface area contributed by atoms with E-state index >= 15 is 0 Å². The van der Waals surface area contributed by atoms with Crippen molar-refractivity contribution >= 4 is 23.1 Å². The Morgan fingerprint density at radius 3 is 2.59 bits per heavy atom. The average molecular weight is 444 g/mol. The van der Waals surface area contributed by atoms with E-state index in [2.05, 4.69) is 10.00 Å². The number of hydrogen-bond donors (Lipinski definition) is 0. The zero-order chi connectivity index (χ0) is 22.1. The van der Waals surface area contributed by atoms with Crippen molar-refractivity contribution in [2.75, 3.05) is 18.6 Å². The monoisotopic (exact) mass is 443 g/mol. The lowest BCUT2D eigenvalue weighted by atomic mass is 9.95. The van der Waals surface area contributed by atoms with Gasteiger partial charge in [0.2, 0.25) is 0 Å². The van der Waals surface area contributed by atoms with Crippen LogP contribution < -0.4 is 9.64 Å². The maximum absolute atomic E-state index is 13.5. The third kappa shape index (κ3) is 3.87. The van der Waals surface area contributed by atoms with E-state index in [-0.39, 0.29) is 11.7 Å². The highest BCUT2D eigenvalue weighted by atomic mass is 35.5. The van der Waals surface area contributed by atoms with Gasteiger partial charge in [-0.2, -0.15) is 5.10 Å². The number of fused-ring (bicyclic) bond motifs is 1. The molecule has 6 heteroatoms. The molecule has 5 rings (SSSR count). The number of ether oxygens (including phenoxy) is 1. The second kappa shape index (κ2) is 8.52. The molecule has 1 aliphatic heterocycles. The van der Waals surface area contributed by atoms with E-state index < -0.39 is 0 Å². The summed E-state index contributed by atoms with van der Waals surface area (Å²) in [6, 6.07) is 25.3. The van der Waals surface area contributed by atoms with Gasteiger partial charge in [-0.05, 0) is 59.7 Å². The molecule has 1 aliphatic rings. The van der Waals surface area contributed by atoms with Gasteiger partial charge in [0.05, 0.1) is 18.7 Å². The number of benzene rings is 3. The summed E-state index contributed by atoms with van der Waals surface area (Å²) in [5.74, 6) is 0.434. The number of aromatic nitrogens is 2. The van der Waals surface area contributed by atoms with Gasteiger partial charge < -0.3 is 9.64 Å². The average Bonchev–Trinajstić information content (AvgIpc) is 3.46. The highest BCUT2D eigenvalue weighted by Crippen LogP contribution is 2.40. The van der Waals surface area contributed by atoms with Crippen LogP contribution in [-0.4, -0.2) is 29.2 Å². The molecule has 1 aromatic heterocycles. The van der Waals surface area contributed by atoms with Crippen molar-refractivity contribution < 1.29 is 9.53 Å². The number of carbonyl (C=O) groups is 1. The minimum absolute atomic E-state index is 0.00721. The van der Waals surface area contributed by atoms with Crippen LogP contribution in [0, 0.1) is 0 Å². The molecule has 0 saturated heterocycles. The van der Waals surface area contributed by atoms with Gasteiger partial charge in [0.25, 0.3) is 0 Å². The smallest absolute Gasteiger partial charge is 0.192 e. The molecule has 32 heavy (non-hydrogen) atoms. The Balaban J connectivity index is 1.45. The molecule has 3 aromatic carbocycles. The largest absolute Gasteiger partial charge is 0.497 e. The van der Waals surface area contributed by atoms with E-state index in [1.807, 2.05) is 79.0 Å². The summed E-state index contributed by atoms with van der Waals surface area (Å²) in [6.45, 7) is 1.28. The van der Waals surface area contributed by atoms with Gasteiger partial charge in [0, 0.05) is 30.0 Å². The number of Topliss-reactive ketones (excluding diaryl/α,β-unsaturated/α-hetero) is 1. The van der Waals surface area contributed by atoms with Crippen molar-refractivity contribution in [1.82, 2.24) is 9.78 Å². The SMILES string of the molecule is COc1ccc2c(c1)C(C(=O)c1ccn(-c3ccccc3)n1)CN2Cc1ccc(Cl)cc1. The third-order valence-electron chi connectivity index (χ3n) is 5.82. The Bertz CT molecular complexity index is 1250. The first-order chi connectivity index (χ1) is 15.6. The van der Waals surface area contributed by atoms with Crippen LogP contribution in [0.25, 0.3) is 5.69 Å². The van der Waals surface area contributed by atoms with Crippen molar-refractivity contribution in [1.29, 1.82) is 0 Å². The van der Waals surface area contributed by atoms with E-state index in [0.717, 1.165) is 28.3 Å². The molecule has 0 aliphatic carbocycles. The minimum Gasteiger partial charge on any atom is -0.497 e. The third-order valence-corrected chi connectivity index (χ3v) is 6.07. The molecule has 4 aromatic rings. The molecule has 0 radical (unpaired) electrons. The number of halogens is 1. The van der Waals surface area contributed by atoms with Crippen LogP contribution in [-0.2, 0) is 6.54 Å². The van der Waals surface area contributed by atoms with Gasteiger partial charge in [-0.1, -0.05) is 41.9 Å². The highest BCUT2D eigenvalue weighted by molar-refractivity contribution is 6.30. The summed E-state index contributed by atoms with van der Waals surface area (Å²) in [4.78, 5) is 15.8. The number of carbonyl (C=O) groups excluding carboxylic acids is 1. The molecule has 0 amide bonds. The van der Waals surface area contributed by atoms with E-state index in [9.17, 15) is 4.79 Å². The molecule has 160 valence electrons. The van der Waals surface area contributed by atoms with Gasteiger partial charge in [-0.15, -0.1) is 0 Å². The fourth-order valence-electron chi connectivity index (χ4n) is 4.19. The second-order valence-electron chi connectivity index (χ2n) is 7.83. The van der Waals surface area contributed by atoms with Gasteiger partial charge in [0.15, 0.2) is 5.78 Å². The van der Waals surface area contributed by atoms with Crippen LogP contribution >= 0.6 is 11.6 Å². The van der Waals surface area contributed by atoms with Crippen molar-refractivity contribution in [2.45, 2.75) is 12.5 Å². The van der Waals surface area contributed by atoms with Crippen LogP contribution in [0.5, 0.6) is 5.75 Å². The lowest BCUT2D eigenvalue weighted by Crippen LogP contribution is -2.24. The molecular weight excluding hydrogens is 422 g/mol. The summed E-state index contributed by atoms with van der Waals surface area (Å²) < 4.78 is 7.17. The molecule has 1 unspecified atom stereocenters. The first-order valence-corrected chi connectivity index (χ1v) is 10.8. The van der Waals surface area contributed by atoms with Crippen molar-refractivity contribution in [3.8, 4) is 11.4 Å². The Labute approximate surface area is 191 Å². The zero-order valence-corrected chi connectivity index (χ0v) is 18.4. The number of methoxy groups -OCH3 is 1. The van der Waals surface area contributed by atoms with Gasteiger partial charge in [-0.3, -0.25) is 4.79 Å². The normalized spacial score (nSPS) is 14.9. The number of anilines is 1. The lowest BCUT2D eigenvalue weighted by molar-refractivity contribution is 0.0959. The van der Waals surface area contributed by atoms with Crippen LogP contribution in [0.15, 0.2) is 85.1 Å². The molecule has 2 heterocycles. The summed E-state index contributed by atoms with van der Waals surface area (Å²) in [5, 5.41) is 5.27. The van der Waals surface area contributed by atoms with E-state index in [1.54, 1.807) is 17.9 Å². The quantitative estimate of drug-likeness (QED) is 0.368. The lowest BCUT2D eigenvalue weighted by Gasteiger charge is -2.20. The van der Waals surface area contributed by atoms with E-state index in [0.29, 0.717) is 23.8 Å². The molecule has 1 atom stereocenters. The summed E-state index contributed by atoms with van der Waals surface area (Å²) in [7, 11) is 1.64. The zero-order valence-electron chi connectivity index (χ0n) is 17.6. The van der Waals surface area contributed by atoms with Crippen LogP contribution in [0.3, 0.4) is 0 Å². The van der Waals surface area contributed by atoms with Crippen molar-refractivity contribution in [2.24, 2.45) is 0 Å². The number of para-hydroxylation sites is 1. The number of rotatable bonds is 6. The van der Waals surface area contributed by atoms with Crippen molar-refractivity contribution in [3.05, 3.63) is 107 Å². The van der Waals surface area contributed by atoms with Gasteiger partial charge in [-0.25, -0.2) is 4.68 Å². The Morgan fingerprint density at radius 2 is 1.84 bits per heavy atom. The van der Waals surface area contributed by atoms with Gasteiger partial charge in [0.1, 0.15) is 11.4 Å². The Hall–Kier alpha value is -3.57. The maximum Gasteiger partial charge on any atom is 0.192 e. The summed E-state index contributed by atoms with van der Waals surface area (Å²) in [6.07, 6.45) is 1.83. The first kappa shape index (κ1) is 20.3. The fourth-order valence-corrected chi connectivity index (χ4v) is 4.31. The van der Waals surface area contributed by atoms with E-state index in [4.69, 9.17) is 16.3 Å². The van der Waals surface area contributed by atoms with Crippen molar-refractivity contribution in [3.63, 3.8) is 0 Å². The van der Waals surface area contributed by atoms with Crippen LogP contribution in [0.1, 0.15) is 27.5 Å². The van der Waals surface area contributed by atoms with Crippen LogP contribution in [0.4, 0.5) is 5.69 Å². The molecule has 0 saturated carbocycles. The molecule has 0 fully saturated rings. The number of ketones is 1. The molecule has 0 bridgehead atoms. The Kier molecular flexibility index (Phi) is 5.41. The molecule has 0 spiro atoms. The van der Waals surface area contributed by atoms with E-state index in [1.165, 1.54) is 0 Å². The predicted molar refractivity (Wildman–Crippen MR) is 126 cm³/mol. The van der Waals surface area contributed by atoms with Gasteiger partial charge >= 0.3 is 0 Å². The first-order valence-electron chi connectivity index (χ1n) is 10.4. The maximum atomic E-state index is 13.5. The standard InChI is InChI=1S/C26H22ClN3O2/c1-32-21-11-12-25-22(15-21)23(17-29(25)16-18-7-9-19(27)10-8-18)26(31)24-13-14-30(28-24)20-5-3-2-4-6-20/h2-15,23H,16-17H2,1H3. The minimum atomic E-state index is -0.313. The van der Waals surface area contributed by atoms with Crippen LogP contribution in [0.2, 0.25) is 5.02 Å². The molecular formula is C26H22ClN3O2. The second-order valence-corrected chi connectivity index (χ2v) is 8.27.